The second-order valence-corrected chi connectivity index (χ2v) is 8.86. The van der Waals surface area contributed by atoms with Crippen molar-refractivity contribution in [2.45, 2.75) is 43.5 Å². The maximum Gasteiger partial charge on any atom is 0.128 e. The third kappa shape index (κ3) is 3.19. The van der Waals surface area contributed by atoms with Gasteiger partial charge in [-0.3, -0.25) is 4.90 Å². The van der Waals surface area contributed by atoms with Gasteiger partial charge in [0.15, 0.2) is 0 Å². The van der Waals surface area contributed by atoms with E-state index in [1.54, 1.807) is 0 Å². The number of benzene rings is 1. The van der Waals surface area contributed by atoms with Crippen LogP contribution in [0.5, 0.6) is 0 Å². The van der Waals surface area contributed by atoms with Crippen LogP contribution in [0.25, 0.3) is 0 Å². The zero-order chi connectivity index (χ0) is 20.7. The minimum atomic E-state index is -1.10. The third-order valence-corrected chi connectivity index (χ3v) is 7.15. The summed E-state index contributed by atoms with van der Waals surface area (Å²) in [6.45, 7) is 2.93. The number of alkyl halides is 1. The summed E-state index contributed by atoms with van der Waals surface area (Å²) in [5.41, 5.74) is 1.71. The minimum absolute atomic E-state index is 0.132. The van der Waals surface area contributed by atoms with Crippen LogP contribution in [0.2, 0.25) is 0 Å². The highest BCUT2D eigenvalue weighted by Gasteiger charge is 2.54. The van der Waals surface area contributed by atoms with E-state index in [0.29, 0.717) is 25.9 Å². The van der Waals surface area contributed by atoms with Crippen molar-refractivity contribution < 1.29 is 9.50 Å². The van der Waals surface area contributed by atoms with Gasteiger partial charge in [0, 0.05) is 18.5 Å². The van der Waals surface area contributed by atoms with Crippen LogP contribution in [0.15, 0.2) is 42.5 Å². The average Bonchev–Trinajstić information content (AvgIpc) is 3.21. The number of anilines is 1. The monoisotopic (exact) mass is 405 g/mol. The zero-order valence-corrected chi connectivity index (χ0v) is 17.2. The maximum absolute atomic E-state index is 13.8. The summed E-state index contributed by atoms with van der Waals surface area (Å²) in [5, 5.41) is 12.1. The van der Waals surface area contributed by atoms with Crippen molar-refractivity contribution >= 4 is 5.82 Å². The van der Waals surface area contributed by atoms with Crippen molar-refractivity contribution in [3.8, 4) is 12.3 Å². The Morgan fingerprint density at radius 1 is 1.10 bits per heavy atom. The summed E-state index contributed by atoms with van der Waals surface area (Å²) in [6.07, 6.45) is 8.16. The molecular weight excluding hydrogens is 377 g/mol. The predicted octanol–water partition coefficient (Wildman–Crippen LogP) is 3.14. The molecule has 5 heterocycles. The van der Waals surface area contributed by atoms with Gasteiger partial charge in [-0.15, -0.1) is 6.42 Å². The molecule has 4 aliphatic rings. The van der Waals surface area contributed by atoms with Gasteiger partial charge in [-0.2, -0.15) is 0 Å². The maximum atomic E-state index is 13.8. The highest BCUT2D eigenvalue weighted by molar-refractivity contribution is 5.47. The summed E-state index contributed by atoms with van der Waals surface area (Å²) in [4.78, 5) is 9.20. The van der Waals surface area contributed by atoms with E-state index >= 15 is 0 Å². The van der Waals surface area contributed by atoms with Crippen LogP contribution >= 0.6 is 0 Å². The first-order valence-electron chi connectivity index (χ1n) is 11.0. The lowest BCUT2D eigenvalue weighted by Crippen LogP contribution is -2.63. The number of piperidine rings is 3. The SMILES string of the molecule is C#CC1N2CCC(CC2)[C@@]1(O)c1ccc(N2CC[C@H](F)C2)nc1Cc1ccccc1. The van der Waals surface area contributed by atoms with Crippen LogP contribution in [-0.4, -0.2) is 53.4 Å². The van der Waals surface area contributed by atoms with Gasteiger partial charge in [-0.05, 0) is 49.9 Å². The summed E-state index contributed by atoms with van der Waals surface area (Å²) in [6, 6.07) is 13.8. The van der Waals surface area contributed by atoms with Crippen molar-refractivity contribution in [1.82, 2.24) is 9.88 Å². The quantitative estimate of drug-likeness (QED) is 0.794. The van der Waals surface area contributed by atoms with Gasteiger partial charge in [-0.1, -0.05) is 42.3 Å². The molecule has 4 fully saturated rings. The standard InChI is InChI=1S/C25H28FN3O/c1-2-23-25(30,19-10-13-28(23)14-11-19)21-8-9-24(29-15-12-20(26)17-29)27-22(21)16-18-6-4-3-5-7-18/h1,3-9,19-20,23,30H,10-17H2/t20-,23?,25+/m0/s1. The highest BCUT2D eigenvalue weighted by Crippen LogP contribution is 2.48. The number of aliphatic hydroxyl groups is 1. The molecule has 4 saturated heterocycles. The number of nitrogens with zero attached hydrogens (tertiary/aromatic N) is 3. The van der Waals surface area contributed by atoms with Crippen molar-refractivity contribution in [1.29, 1.82) is 0 Å². The molecule has 2 bridgehead atoms. The molecule has 1 aromatic heterocycles. The molecule has 5 heteroatoms. The number of aromatic nitrogens is 1. The summed E-state index contributed by atoms with van der Waals surface area (Å²) >= 11 is 0. The smallest absolute Gasteiger partial charge is 0.128 e. The molecule has 2 aromatic rings. The van der Waals surface area contributed by atoms with Crippen LogP contribution in [0, 0.1) is 18.3 Å². The molecule has 1 unspecified atom stereocenters. The van der Waals surface area contributed by atoms with Crippen molar-refractivity contribution in [2.24, 2.45) is 5.92 Å². The zero-order valence-electron chi connectivity index (χ0n) is 17.2. The van der Waals surface area contributed by atoms with Crippen molar-refractivity contribution in [3.05, 3.63) is 59.3 Å². The molecule has 4 nitrogen and oxygen atoms in total. The summed E-state index contributed by atoms with van der Waals surface area (Å²) < 4.78 is 13.8. The highest BCUT2D eigenvalue weighted by atomic mass is 19.1. The number of pyridine rings is 1. The van der Waals surface area contributed by atoms with E-state index < -0.39 is 11.8 Å². The molecule has 0 saturated carbocycles. The molecule has 0 spiro atoms. The van der Waals surface area contributed by atoms with Gasteiger partial charge >= 0.3 is 0 Å². The lowest BCUT2D eigenvalue weighted by atomic mass is 9.66. The molecule has 0 amide bonds. The molecule has 1 N–H and O–H groups in total. The fraction of sp³-hybridized carbons (Fsp3) is 0.480. The van der Waals surface area contributed by atoms with Crippen LogP contribution in [-0.2, 0) is 12.0 Å². The first kappa shape index (κ1) is 19.5. The molecular formula is C25H28FN3O. The fourth-order valence-corrected chi connectivity index (χ4v) is 5.58. The van der Waals surface area contributed by atoms with E-state index in [-0.39, 0.29) is 12.0 Å². The van der Waals surface area contributed by atoms with E-state index in [0.717, 1.165) is 48.6 Å². The fourth-order valence-electron chi connectivity index (χ4n) is 5.58. The predicted molar refractivity (Wildman–Crippen MR) is 116 cm³/mol. The molecule has 1 aromatic carbocycles. The van der Waals surface area contributed by atoms with Gasteiger partial charge in [0.1, 0.15) is 23.6 Å². The van der Waals surface area contributed by atoms with E-state index in [4.69, 9.17) is 11.4 Å². The van der Waals surface area contributed by atoms with Gasteiger partial charge in [0.25, 0.3) is 0 Å². The molecule has 0 aliphatic carbocycles. The third-order valence-electron chi connectivity index (χ3n) is 7.15. The van der Waals surface area contributed by atoms with Crippen LogP contribution in [0.4, 0.5) is 10.2 Å². The van der Waals surface area contributed by atoms with E-state index in [2.05, 4.69) is 23.0 Å². The minimum Gasteiger partial charge on any atom is -0.382 e. The Balaban J connectivity index is 1.59. The summed E-state index contributed by atoms with van der Waals surface area (Å²) in [7, 11) is 0. The van der Waals surface area contributed by atoms with Crippen molar-refractivity contribution in [3.63, 3.8) is 0 Å². The number of terminal acetylenes is 1. The Morgan fingerprint density at radius 2 is 1.87 bits per heavy atom. The second-order valence-electron chi connectivity index (χ2n) is 8.86. The van der Waals surface area contributed by atoms with Gasteiger partial charge in [-0.25, -0.2) is 9.37 Å². The summed E-state index contributed by atoms with van der Waals surface area (Å²) in [5.74, 6) is 3.80. The van der Waals surface area contributed by atoms with Gasteiger partial charge in [0.05, 0.1) is 12.2 Å². The lowest BCUT2D eigenvalue weighted by molar-refractivity contribution is -0.143. The topological polar surface area (TPSA) is 39.6 Å². The molecule has 4 aliphatic heterocycles. The van der Waals surface area contributed by atoms with Crippen molar-refractivity contribution in [2.75, 3.05) is 31.1 Å². The number of fused-ring (bicyclic) bond motifs is 3. The van der Waals surface area contributed by atoms with E-state index in [1.165, 1.54) is 0 Å². The van der Waals surface area contributed by atoms with E-state index in [9.17, 15) is 9.50 Å². The number of hydrogen-bond acceptors (Lipinski definition) is 4. The normalized spacial score (nSPS) is 32.9. The van der Waals surface area contributed by atoms with Crippen LogP contribution < -0.4 is 4.90 Å². The van der Waals surface area contributed by atoms with Gasteiger partial charge in [0.2, 0.25) is 0 Å². The Bertz CT molecular complexity index is 951. The molecule has 156 valence electrons. The molecule has 30 heavy (non-hydrogen) atoms. The second kappa shape index (κ2) is 7.68. The van der Waals surface area contributed by atoms with Crippen LogP contribution in [0.1, 0.15) is 36.1 Å². The molecule has 3 atom stereocenters. The Kier molecular flexibility index (Phi) is 5.00. The average molecular weight is 406 g/mol. The molecule has 0 radical (unpaired) electrons. The number of hydrogen-bond donors (Lipinski definition) is 1. The van der Waals surface area contributed by atoms with Crippen LogP contribution in [0.3, 0.4) is 0 Å². The largest absolute Gasteiger partial charge is 0.382 e. The Labute approximate surface area is 177 Å². The van der Waals surface area contributed by atoms with E-state index in [1.807, 2.05) is 35.2 Å². The van der Waals surface area contributed by atoms with Gasteiger partial charge < -0.3 is 10.0 Å². The number of halogens is 1. The molecule has 6 rings (SSSR count). The Hall–Kier alpha value is -2.42. The first-order valence-corrected chi connectivity index (χ1v) is 11.0. The Morgan fingerprint density at radius 3 is 2.53 bits per heavy atom. The lowest BCUT2D eigenvalue weighted by Gasteiger charge is -2.54. The number of rotatable bonds is 4. The first-order chi connectivity index (χ1) is 14.6.